The zero-order valence-electron chi connectivity index (χ0n) is 5.54. The summed E-state index contributed by atoms with van der Waals surface area (Å²) in [5.74, 6) is 1.66. The zero-order chi connectivity index (χ0) is 7.68. The topological polar surface area (TPSA) is 18.5 Å². The van der Waals surface area contributed by atoms with Gasteiger partial charge >= 0.3 is 0 Å². The molecule has 0 N–H and O–H groups in total. The summed E-state index contributed by atoms with van der Waals surface area (Å²) in [6, 6.07) is 5.83. The molecule has 0 aromatic heterocycles. The minimum absolute atomic E-state index is 0.339. The van der Waals surface area contributed by atoms with E-state index in [9.17, 15) is 0 Å². The van der Waals surface area contributed by atoms with Crippen molar-refractivity contribution in [2.24, 2.45) is 0 Å². The van der Waals surface area contributed by atoms with Gasteiger partial charge in [0, 0.05) is 4.90 Å². The van der Waals surface area contributed by atoms with Gasteiger partial charge in [-0.25, -0.2) is 0 Å². The second-order valence-electron chi connectivity index (χ2n) is 2.09. The van der Waals surface area contributed by atoms with E-state index in [4.69, 9.17) is 9.47 Å². The van der Waals surface area contributed by atoms with Gasteiger partial charge in [-0.15, -0.1) is 0 Å². The smallest absolute Gasteiger partial charge is 0.231 e. The first-order valence-corrected chi connectivity index (χ1v) is 5.74. The minimum atomic E-state index is 0.339. The SMILES string of the molecule is BrSc1ccc2c(c1)OCO2. The molecule has 0 aliphatic carbocycles. The average Bonchev–Trinajstić information content (AvgIpc) is 2.50. The van der Waals surface area contributed by atoms with Crippen molar-refractivity contribution in [1.29, 1.82) is 0 Å². The lowest BCUT2D eigenvalue weighted by Gasteiger charge is -1.96. The van der Waals surface area contributed by atoms with Gasteiger partial charge in [0.15, 0.2) is 11.5 Å². The van der Waals surface area contributed by atoms with Crippen LogP contribution in [-0.2, 0) is 0 Å². The minimum Gasteiger partial charge on any atom is -0.454 e. The van der Waals surface area contributed by atoms with Gasteiger partial charge in [0.1, 0.15) is 0 Å². The van der Waals surface area contributed by atoms with Crippen LogP contribution in [0.15, 0.2) is 23.1 Å². The van der Waals surface area contributed by atoms with E-state index in [1.165, 1.54) is 10.2 Å². The summed E-state index contributed by atoms with van der Waals surface area (Å²) in [6.07, 6.45) is 0. The van der Waals surface area contributed by atoms with Crippen LogP contribution in [0.1, 0.15) is 0 Å². The molecule has 2 nitrogen and oxygen atoms in total. The van der Waals surface area contributed by atoms with E-state index in [-0.39, 0.29) is 0 Å². The van der Waals surface area contributed by atoms with Crippen LogP contribution in [0.5, 0.6) is 11.5 Å². The number of hydrogen-bond acceptors (Lipinski definition) is 3. The van der Waals surface area contributed by atoms with Gasteiger partial charge in [-0.2, -0.15) is 0 Å². The van der Waals surface area contributed by atoms with Crippen LogP contribution in [0, 0.1) is 0 Å². The van der Waals surface area contributed by atoms with E-state index in [1.54, 1.807) is 0 Å². The highest BCUT2D eigenvalue weighted by Gasteiger charge is 2.12. The Labute approximate surface area is 76.1 Å². The fraction of sp³-hybridized carbons (Fsp3) is 0.143. The Morgan fingerprint density at radius 2 is 2.09 bits per heavy atom. The molecule has 1 aromatic carbocycles. The molecule has 0 saturated heterocycles. The standard InChI is InChI=1S/C7H5BrO2S/c8-11-5-1-2-6-7(3-5)10-4-9-6/h1-3H,4H2. The normalized spacial score (nSPS) is 13.5. The summed E-state index contributed by atoms with van der Waals surface area (Å²) in [5.41, 5.74) is 0. The number of hydrogen-bond donors (Lipinski definition) is 0. The van der Waals surface area contributed by atoms with Crippen molar-refractivity contribution in [2.45, 2.75) is 4.90 Å². The predicted octanol–water partition coefficient (Wildman–Crippen LogP) is 2.82. The maximum Gasteiger partial charge on any atom is 0.231 e. The van der Waals surface area contributed by atoms with Crippen LogP contribution in [0.2, 0.25) is 0 Å². The number of benzene rings is 1. The van der Waals surface area contributed by atoms with Crippen molar-refractivity contribution in [3.63, 3.8) is 0 Å². The molecule has 1 aliphatic rings. The molecule has 4 heteroatoms. The predicted molar refractivity (Wildman–Crippen MR) is 47.3 cm³/mol. The molecule has 0 unspecified atom stereocenters. The van der Waals surface area contributed by atoms with Crippen LogP contribution < -0.4 is 9.47 Å². The van der Waals surface area contributed by atoms with Gasteiger partial charge in [-0.05, 0) is 43.2 Å². The number of rotatable bonds is 1. The summed E-state index contributed by atoms with van der Waals surface area (Å²) in [7, 11) is 1.51. The molecule has 0 bridgehead atoms. The molecule has 0 fully saturated rings. The summed E-state index contributed by atoms with van der Waals surface area (Å²) in [4.78, 5) is 1.12. The van der Waals surface area contributed by atoms with E-state index in [2.05, 4.69) is 14.8 Å². The van der Waals surface area contributed by atoms with Crippen molar-refractivity contribution in [3.05, 3.63) is 18.2 Å². The maximum absolute atomic E-state index is 5.18. The highest BCUT2D eigenvalue weighted by Crippen LogP contribution is 2.36. The average molecular weight is 233 g/mol. The molecule has 58 valence electrons. The van der Waals surface area contributed by atoms with E-state index in [0.717, 1.165) is 16.4 Å². The fourth-order valence-electron chi connectivity index (χ4n) is 0.925. The quantitative estimate of drug-likeness (QED) is 0.743. The van der Waals surface area contributed by atoms with Crippen molar-refractivity contribution < 1.29 is 9.47 Å². The molecule has 0 saturated carbocycles. The lowest BCUT2D eigenvalue weighted by molar-refractivity contribution is 0.174. The highest BCUT2D eigenvalue weighted by molar-refractivity contribution is 9.50. The molecule has 0 atom stereocenters. The van der Waals surface area contributed by atoms with E-state index in [0.29, 0.717) is 6.79 Å². The van der Waals surface area contributed by atoms with Crippen molar-refractivity contribution in [1.82, 2.24) is 0 Å². The molecule has 2 rings (SSSR count). The van der Waals surface area contributed by atoms with Crippen molar-refractivity contribution in [3.8, 4) is 11.5 Å². The Kier molecular flexibility index (Phi) is 1.96. The van der Waals surface area contributed by atoms with Gasteiger partial charge in [-0.3, -0.25) is 0 Å². The largest absolute Gasteiger partial charge is 0.454 e. The fourth-order valence-corrected chi connectivity index (χ4v) is 1.80. The van der Waals surface area contributed by atoms with E-state index >= 15 is 0 Å². The lowest BCUT2D eigenvalue weighted by atomic mass is 10.3. The van der Waals surface area contributed by atoms with E-state index in [1.807, 2.05) is 18.2 Å². The molecule has 11 heavy (non-hydrogen) atoms. The van der Waals surface area contributed by atoms with Gasteiger partial charge < -0.3 is 9.47 Å². The third-order valence-electron chi connectivity index (χ3n) is 1.43. The second kappa shape index (κ2) is 2.95. The Hall–Kier alpha value is -0.350. The summed E-state index contributed by atoms with van der Waals surface area (Å²) >= 11 is 3.29. The Morgan fingerprint density at radius 3 is 2.91 bits per heavy atom. The zero-order valence-corrected chi connectivity index (χ0v) is 7.94. The number of fused-ring (bicyclic) bond motifs is 1. The van der Waals surface area contributed by atoms with Gasteiger partial charge in [0.25, 0.3) is 0 Å². The monoisotopic (exact) mass is 232 g/mol. The third kappa shape index (κ3) is 1.32. The van der Waals surface area contributed by atoms with E-state index < -0.39 is 0 Å². The lowest BCUT2D eigenvalue weighted by Crippen LogP contribution is -1.92. The van der Waals surface area contributed by atoms with Crippen LogP contribution in [0.4, 0.5) is 0 Å². The molecule has 0 spiro atoms. The molecule has 1 aliphatic heterocycles. The maximum atomic E-state index is 5.18. The summed E-state index contributed by atoms with van der Waals surface area (Å²) < 4.78 is 10.3. The third-order valence-corrected chi connectivity index (χ3v) is 2.99. The Bertz CT molecular complexity index is 277. The van der Waals surface area contributed by atoms with Gasteiger partial charge in [0.2, 0.25) is 6.79 Å². The van der Waals surface area contributed by atoms with Crippen LogP contribution in [0.25, 0.3) is 0 Å². The van der Waals surface area contributed by atoms with Crippen LogP contribution >= 0.6 is 25.0 Å². The summed E-state index contributed by atoms with van der Waals surface area (Å²) in [6.45, 7) is 0.339. The molecule has 1 aromatic rings. The van der Waals surface area contributed by atoms with Crippen molar-refractivity contribution >= 4 is 25.0 Å². The Morgan fingerprint density at radius 1 is 1.27 bits per heavy atom. The van der Waals surface area contributed by atoms with Gasteiger partial charge in [0.05, 0.1) is 0 Å². The highest BCUT2D eigenvalue weighted by atomic mass is 79.9. The molecule has 0 radical (unpaired) electrons. The molecular weight excluding hydrogens is 228 g/mol. The molecular formula is C7H5BrO2S. The molecule has 1 heterocycles. The first-order valence-electron chi connectivity index (χ1n) is 3.08. The first kappa shape index (κ1) is 7.31. The Balaban J connectivity index is 2.41. The molecule has 0 amide bonds. The van der Waals surface area contributed by atoms with Crippen LogP contribution in [-0.4, -0.2) is 6.79 Å². The van der Waals surface area contributed by atoms with Crippen molar-refractivity contribution in [2.75, 3.05) is 6.79 Å². The second-order valence-corrected chi connectivity index (χ2v) is 3.69. The van der Waals surface area contributed by atoms with Crippen LogP contribution in [0.3, 0.4) is 0 Å². The van der Waals surface area contributed by atoms with Gasteiger partial charge in [-0.1, -0.05) is 0 Å². The first-order chi connectivity index (χ1) is 5.40. The number of halogens is 1. The summed E-state index contributed by atoms with van der Waals surface area (Å²) in [5, 5.41) is 0. The number of ether oxygens (including phenoxy) is 2.